The van der Waals surface area contributed by atoms with Gasteiger partial charge in [-0.15, -0.1) is 0 Å². The second-order valence-corrected chi connectivity index (χ2v) is 11.7. The van der Waals surface area contributed by atoms with Crippen molar-refractivity contribution in [3.63, 3.8) is 0 Å². The van der Waals surface area contributed by atoms with Crippen LogP contribution in [0.15, 0.2) is 12.3 Å². The fourth-order valence-electron chi connectivity index (χ4n) is 9.05. The molecule has 4 aliphatic carbocycles. The molecule has 32 heavy (non-hydrogen) atoms. The van der Waals surface area contributed by atoms with Crippen molar-refractivity contribution in [3.05, 3.63) is 23.8 Å². The SMILES string of the molecule is CC1CCC2C(CCC3C2CCC2(C)C(C(C)Cc4nccc(C#N)n4)CCC32)C1.CO. The van der Waals surface area contributed by atoms with Crippen LogP contribution >= 0.6 is 0 Å². The standard InChI is InChI=1S/C27H39N3.CH4O/c1-17-4-6-21-19(14-17)5-7-23-22(21)10-12-27(3)24(8-9-25(23)27)18(2)15-26-29-13-11-20(16-28)30-26;1-2/h11,13,17-19,21-25H,4-10,12,14-15H2,1-3H3;2H,1H3. The summed E-state index contributed by atoms with van der Waals surface area (Å²) in [5.41, 5.74) is 1.00. The van der Waals surface area contributed by atoms with E-state index >= 15 is 0 Å². The van der Waals surface area contributed by atoms with Crippen LogP contribution in [0.25, 0.3) is 0 Å². The Morgan fingerprint density at radius 3 is 2.66 bits per heavy atom. The summed E-state index contributed by atoms with van der Waals surface area (Å²) >= 11 is 0. The molecule has 4 heteroatoms. The number of nitriles is 1. The maximum absolute atomic E-state index is 9.17. The Hall–Kier alpha value is -1.47. The van der Waals surface area contributed by atoms with Gasteiger partial charge >= 0.3 is 0 Å². The fourth-order valence-corrected chi connectivity index (χ4v) is 9.05. The lowest BCUT2D eigenvalue weighted by molar-refractivity contribution is -0.0728. The summed E-state index contributed by atoms with van der Waals surface area (Å²) in [6, 6.07) is 3.88. The van der Waals surface area contributed by atoms with Crippen molar-refractivity contribution in [1.82, 2.24) is 9.97 Å². The quantitative estimate of drug-likeness (QED) is 0.626. The van der Waals surface area contributed by atoms with Gasteiger partial charge in [0.15, 0.2) is 0 Å². The molecule has 1 aromatic heterocycles. The maximum atomic E-state index is 9.17. The number of hydrogen-bond donors (Lipinski definition) is 1. The third kappa shape index (κ3) is 4.23. The van der Waals surface area contributed by atoms with Crippen LogP contribution in [-0.2, 0) is 6.42 Å². The topological polar surface area (TPSA) is 69.8 Å². The molecule has 176 valence electrons. The van der Waals surface area contributed by atoms with Crippen molar-refractivity contribution >= 4 is 0 Å². The van der Waals surface area contributed by atoms with Crippen LogP contribution in [0.5, 0.6) is 0 Å². The van der Waals surface area contributed by atoms with Crippen molar-refractivity contribution < 1.29 is 5.11 Å². The molecule has 1 N–H and O–H groups in total. The number of aliphatic hydroxyl groups is 1. The Kier molecular flexibility index (Phi) is 7.25. The van der Waals surface area contributed by atoms with E-state index in [0.29, 0.717) is 17.0 Å². The molecule has 0 aromatic carbocycles. The van der Waals surface area contributed by atoms with Crippen LogP contribution < -0.4 is 0 Å². The van der Waals surface area contributed by atoms with Gasteiger partial charge in [-0.25, -0.2) is 9.97 Å². The van der Waals surface area contributed by atoms with Gasteiger partial charge in [-0.05, 0) is 110 Å². The summed E-state index contributed by atoms with van der Waals surface area (Å²) in [4.78, 5) is 8.95. The van der Waals surface area contributed by atoms with Gasteiger partial charge in [0.1, 0.15) is 17.6 Å². The first-order valence-electron chi connectivity index (χ1n) is 13.2. The molecule has 4 fully saturated rings. The highest BCUT2D eigenvalue weighted by atomic mass is 16.2. The number of nitrogens with zero attached hydrogens (tertiary/aromatic N) is 3. The van der Waals surface area contributed by atoms with Crippen molar-refractivity contribution in [2.45, 2.75) is 85.0 Å². The molecule has 9 unspecified atom stereocenters. The summed E-state index contributed by atoms with van der Waals surface area (Å²) in [5, 5.41) is 16.2. The molecule has 4 aliphatic rings. The largest absolute Gasteiger partial charge is 0.400 e. The van der Waals surface area contributed by atoms with E-state index in [4.69, 9.17) is 10.4 Å². The Morgan fingerprint density at radius 1 is 1.09 bits per heavy atom. The number of fused-ring (bicyclic) bond motifs is 5. The lowest BCUT2D eigenvalue weighted by atomic mass is 9.48. The molecule has 9 atom stereocenters. The summed E-state index contributed by atoms with van der Waals surface area (Å²) in [7, 11) is 1.00. The maximum Gasteiger partial charge on any atom is 0.144 e. The van der Waals surface area contributed by atoms with Gasteiger partial charge in [-0.1, -0.05) is 27.2 Å². The predicted octanol–water partition coefficient (Wildman–Crippen LogP) is 6.04. The molecule has 1 heterocycles. The highest BCUT2D eigenvalue weighted by molar-refractivity contribution is 5.18. The molecule has 0 saturated heterocycles. The van der Waals surface area contributed by atoms with Gasteiger partial charge in [0.25, 0.3) is 0 Å². The van der Waals surface area contributed by atoms with Gasteiger partial charge in [-0.3, -0.25) is 0 Å². The lowest BCUT2D eigenvalue weighted by Crippen LogP contribution is -2.49. The van der Waals surface area contributed by atoms with Crippen molar-refractivity contribution in [2.24, 2.45) is 52.8 Å². The fraction of sp³-hybridized carbons (Fsp3) is 0.821. The van der Waals surface area contributed by atoms with E-state index in [-0.39, 0.29) is 0 Å². The first-order chi connectivity index (χ1) is 15.5. The average molecular weight is 438 g/mol. The van der Waals surface area contributed by atoms with Gasteiger partial charge < -0.3 is 5.11 Å². The van der Waals surface area contributed by atoms with E-state index in [0.717, 1.165) is 60.8 Å². The molecule has 0 bridgehead atoms. The average Bonchev–Trinajstić information content (AvgIpc) is 3.17. The number of rotatable bonds is 3. The first kappa shape index (κ1) is 23.7. The van der Waals surface area contributed by atoms with Gasteiger partial charge in [0.05, 0.1) is 0 Å². The predicted molar refractivity (Wildman–Crippen MR) is 128 cm³/mol. The Balaban J connectivity index is 0.00000119. The zero-order chi connectivity index (χ0) is 22.9. The summed E-state index contributed by atoms with van der Waals surface area (Å²) in [5.74, 6) is 8.25. The van der Waals surface area contributed by atoms with Crippen LogP contribution in [0.3, 0.4) is 0 Å². The number of aromatic nitrogens is 2. The molecule has 0 radical (unpaired) electrons. The second kappa shape index (κ2) is 9.80. The van der Waals surface area contributed by atoms with Gasteiger partial charge in [-0.2, -0.15) is 5.26 Å². The third-order valence-corrected chi connectivity index (χ3v) is 10.3. The lowest BCUT2D eigenvalue weighted by Gasteiger charge is -2.56. The normalized spacial score (nSPS) is 41.2. The number of hydrogen-bond acceptors (Lipinski definition) is 4. The van der Waals surface area contributed by atoms with Crippen molar-refractivity contribution in [2.75, 3.05) is 7.11 Å². The second-order valence-electron chi connectivity index (χ2n) is 11.7. The van der Waals surface area contributed by atoms with E-state index in [1.165, 1.54) is 57.8 Å². The summed E-state index contributed by atoms with van der Waals surface area (Å²) in [6.07, 6.45) is 15.9. The van der Waals surface area contributed by atoms with E-state index in [2.05, 4.69) is 36.8 Å². The van der Waals surface area contributed by atoms with Crippen LogP contribution in [0, 0.1) is 64.1 Å². The molecular formula is C28H43N3O. The monoisotopic (exact) mass is 437 g/mol. The van der Waals surface area contributed by atoms with Crippen molar-refractivity contribution in [3.8, 4) is 6.07 Å². The molecule has 1 aromatic rings. The highest BCUT2D eigenvalue weighted by Gasteiger charge is 2.57. The van der Waals surface area contributed by atoms with Gasteiger partial charge in [0.2, 0.25) is 0 Å². The highest BCUT2D eigenvalue weighted by Crippen LogP contribution is 2.65. The Labute approximate surface area is 195 Å². The van der Waals surface area contributed by atoms with Crippen LogP contribution in [0.1, 0.15) is 90.1 Å². The molecule has 0 amide bonds. The molecular weight excluding hydrogens is 394 g/mol. The minimum absolute atomic E-state index is 0.502. The summed E-state index contributed by atoms with van der Waals surface area (Å²) in [6.45, 7) is 7.55. The minimum atomic E-state index is 0.502. The summed E-state index contributed by atoms with van der Waals surface area (Å²) < 4.78 is 0. The van der Waals surface area contributed by atoms with E-state index in [9.17, 15) is 0 Å². The zero-order valence-corrected chi connectivity index (χ0v) is 20.6. The molecule has 5 rings (SSSR count). The molecule has 4 saturated carbocycles. The van der Waals surface area contributed by atoms with E-state index < -0.39 is 0 Å². The van der Waals surface area contributed by atoms with Crippen LogP contribution in [0.4, 0.5) is 0 Å². The Morgan fingerprint density at radius 2 is 1.88 bits per heavy atom. The zero-order valence-electron chi connectivity index (χ0n) is 20.6. The van der Waals surface area contributed by atoms with Gasteiger partial charge in [0, 0.05) is 19.7 Å². The van der Waals surface area contributed by atoms with E-state index in [1.807, 2.05) is 0 Å². The minimum Gasteiger partial charge on any atom is -0.400 e. The first-order valence-corrected chi connectivity index (χ1v) is 13.2. The van der Waals surface area contributed by atoms with Crippen molar-refractivity contribution in [1.29, 1.82) is 5.26 Å². The van der Waals surface area contributed by atoms with E-state index in [1.54, 1.807) is 12.3 Å². The molecule has 0 spiro atoms. The van der Waals surface area contributed by atoms with Crippen LogP contribution in [-0.4, -0.2) is 22.2 Å². The molecule has 0 aliphatic heterocycles. The Bertz CT molecular complexity index is 819. The number of aliphatic hydroxyl groups excluding tert-OH is 1. The molecule has 4 nitrogen and oxygen atoms in total. The third-order valence-electron chi connectivity index (χ3n) is 10.3. The smallest absolute Gasteiger partial charge is 0.144 e. The van der Waals surface area contributed by atoms with Crippen LogP contribution in [0.2, 0.25) is 0 Å².